The number of carbonyl (C=O) groups excluding carboxylic acids is 1. The van der Waals surface area contributed by atoms with E-state index in [1.807, 2.05) is 36.4 Å². The van der Waals surface area contributed by atoms with Gasteiger partial charge >= 0.3 is 0 Å². The smallest absolute Gasteiger partial charge is 0.275 e. The molecule has 0 bridgehead atoms. The van der Waals surface area contributed by atoms with Crippen LogP contribution in [0.1, 0.15) is 5.56 Å². The van der Waals surface area contributed by atoms with Crippen molar-refractivity contribution in [1.29, 1.82) is 0 Å². The minimum absolute atomic E-state index is 0.0814. The lowest BCUT2D eigenvalue weighted by Crippen LogP contribution is -3.15. The first-order valence-corrected chi connectivity index (χ1v) is 9.25. The summed E-state index contributed by atoms with van der Waals surface area (Å²) in [4.78, 5) is 15.9. The van der Waals surface area contributed by atoms with E-state index in [4.69, 9.17) is 16.3 Å². The fourth-order valence-electron chi connectivity index (χ4n) is 3.19. The highest BCUT2D eigenvalue weighted by Crippen LogP contribution is 2.18. The topological polar surface area (TPSA) is 46.0 Å². The normalized spacial score (nSPS) is 14.9. The van der Waals surface area contributed by atoms with Crippen LogP contribution in [0.15, 0.2) is 48.5 Å². The molecule has 1 heterocycles. The van der Waals surface area contributed by atoms with Gasteiger partial charge in [0.2, 0.25) is 0 Å². The van der Waals surface area contributed by atoms with Gasteiger partial charge in [0.15, 0.2) is 6.54 Å². The van der Waals surface area contributed by atoms with Crippen LogP contribution in [0, 0.1) is 0 Å². The van der Waals surface area contributed by atoms with Crippen molar-refractivity contribution in [1.82, 2.24) is 5.32 Å². The number of anilines is 1. The lowest BCUT2D eigenvalue weighted by atomic mass is 10.2. The van der Waals surface area contributed by atoms with Gasteiger partial charge in [0.1, 0.15) is 5.75 Å². The number of rotatable bonds is 6. The second-order valence-corrected chi connectivity index (χ2v) is 6.95. The maximum Gasteiger partial charge on any atom is 0.275 e. The zero-order valence-electron chi connectivity index (χ0n) is 15.0. The molecule has 26 heavy (non-hydrogen) atoms. The van der Waals surface area contributed by atoms with E-state index in [1.165, 1.54) is 10.6 Å². The van der Waals surface area contributed by atoms with Crippen molar-refractivity contribution in [2.45, 2.75) is 6.54 Å². The fraction of sp³-hybridized carbons (Fsp3) is 0.350. The Morgan fingerprint density at radius 2 is 1.92 bits per heavy atom. The Hall–Kier alpha value is -2.24. The van der Waals surface area contributed by atoms with Crippen LogP contribution in [-0.4, -0.2) is 45.7 Å². The van der Waals surface area contributed by atoms with Gasteiger partial charge in [0, 0.05) is 17.3 Å². The Morgan fingerprint density at radius 3 is 2.58 bits per heavy atom. The van der Waals surface area contributed by atoms with Gasteiger partial charge in [-0.2, -0.15) is 0 Å². The van der Waals surface area contributed by atoms with Gasteiger partial charge in [-0.05, 0) is 42.0 Å². The van der Waals surface area contributed by atoms with Crippen molar-refractivity contribution < 1.29 is 14.4 Å². The zero-order valence-corrected chi connectivity index (χ0v) is 15.8. The molecule has 3 rings (SSSR count). The number of quaternary nitrogens is 1. The zero-order chi connectivity index (χ0) is 18.4. The third-order valence-electron chi connectivity index (χ3n) is 4.70. The molecule has 0 unspecified atom stereocenters. The minimum Gasteiger partial charge on any atom is -0.497 e. The Kier molecular flexibility index (Phi) is 6.36. The highest BCUT2D eigenvalue weighted by atomic mass is 35.5. The van der Waals surface area contributed by atoms with Gasteiger partial charge in [-0.25, -0.2) is 0 Å². The van der Waals surface area contributed by atoms with Crippen molar-refractivity contribution >= 4 is 23.2 Å². The molecule has 1 amide bonds. The summed E-state index contributed by atoms with van der Waals surface area (Å²) in [6.45, 7) is 4.83. The molecule has 1 aliphatic heterocycles. The number of ether oxygens (including phenoxy) is 1. The SMILES string of the molecule is COc1ccc(N2CC[NH+](CC(=O)NCc3cccc(Cl)c3)CC2)cc1. The first kappa shape index (κ1) is 18.5. The standard InChI is InChI=1S/C20H24ClN3O2/c1-26-19-7-5-18(6-8-19)24-11-9-23(10-12-24)15-20(25)22-14-16-3-2-4-17(21)13-16/h2-8,13H,9-12,14-15H2,1H3,(H,22,25)/p+1. The molecule has 0 aromatic heterocycles. The predicted molar refractivity (Wildman–Crippen MR) is 104 cm³/mol. The lowest BCUT2D eigenvalue weighted by molar-refractivity contribution is -0.892. The lowest BCUT2D eigenvalue weighted by Gasteiger charge is -2.33. The Morgan fingerprint density at radius 1 is 1.19 bits per heavy atom. The molecule has 2 aromatic carbocycles. The largest absolute Gasteiger partial charge is 0.497 e. The molecule has 0 spiro atoms. The summed E-state index contributed by atoms with van der Waals surface area (Å²) in [7, 11) is 1.68. The van der Waals surface area contributed by atoms with E-state index in [9.17, 15) is 4.79 Å². The maximum absolute atomic E-state index is 12.2. The van der Waals surface area contributed by atoms with Crippen LogP contribution in [0.25, 0.3) is 0 Å². The molecular formula is C20H25ClN3O2+. The molecule has 0 radical (unpaired) electrons. The molecule has 0 saturated carbocycles. The number of benzene rings is 2. The summed E-state index contributed by atoms with van der Waals surface area (Å²) in [5, 5.41) is 3.67. The summed E-state index contributed by atoms with van der Waals surface area (Å²) in [6, 6.07) is 15.7. The number of halogens is 1. The quantitative estimate of drug-likeness (QED) is 0.802. The molecular weight excluding hydrogens is 350 g/mol. The number of methoxy groups -OCH3 is 1. The molecule has 2 N–H and O–H groups in total. The molecule has 1 fully saturated rings. The molecule has 5 nitrogen and oxygen atoms in total. The van der Waals surface area contributed by atoms with Crippen molar-refractivity contribution in [3.8, 4) is 5.75 Å². The minimum atomic E-state index is 0.0814. The van der Waals surface area contributed by atoms with Gasteiger partial charge in [0.25, 0.3) is 5.91 Å². The molecule has 1 aliphatic rings. The van der Waals surface area contributed by atoms with E-state index in [0.29, 0.717) is 18.1 Å². The van der Waals surface area contributed by atoms with Gasteiger partial charge in [0.05, 0.1) is 33.3 Å². The number of nitrogens with zero attached hydrogens (tertiary/aromatic N) is 1. The molecule has 0 aliphatic carbocycles. The van der Waals surface area contributed by atoms with Crippen LogP contribution in [0.4, 0.5) is 5.69 Å². The van der Waals surface area contributed by atoms with Crippen LogP contribution in [-0.2, 0) is 11.3 Å². The van der Waals surface area contributed by atoms with E-state index in [-0.39, 0.29) is 5.91 Å². The van der Waals surface area contributed by atoms with Crippen molar-refractivity contribution in [3.63, 3.8) is 0 Å². The average Bonchev–Trinajstić information content (AvgIpc) is 2.67. The number of amides is 1. The number of hydrogen-bond acceptors (Lipinski definition) is 3. The molecule has 0 atom stereocenters. The van der Waals surface area contributed by atoms with E-state index < -0.39 is 0 Å². The van der Waals surface area contributed by atoms with Crippen LogP contribution < -0.4 is 19.9 Å². The summed E-state index contributed by atoms with van der Waals surface area (Å²) in [5.41, 5.74) is 2.22. The van der Waals surface area contributed by atoms with Gasteiger partial charge in [-0.3, -0.25) is 4.79 Å². The summed E-state index contributed by atoms with van der Waals surface area (Å²) < 4.78 is 5.20. The van der Waals surface area contributed by atoms with Crippen molar-refractivity contribution in [2.75, 3.05) is 44.7 Å². The first-order chi connectivity index (χ1) is 12.6. The first-order valence-electron chi connectivity index (χ1n) is 8.88. The van der Waals surface area contributed by atoms with Gasteiger partial charge in [-0.1, -0.05) is 23.7 Å². The third kappa shape index (κ3) is 5.13. The Balaban J connectivity index is 1.42. The monoisotopic (exact) mass is 374 g/mol. The fourth-order valence-corrected chi connectivity index (χ4v) is 3.40. The van der Waals surface area contributed by atoms with Crippen LogP contribution in [0.3, 0.4) is 0 Å². The summed E-state index contributed by atoms with van der Waals surface area (Å²) >= 11 is 5.97. The average molecular weight is 375 g/mol. The van der Waals surface area contributed by atoms with Crippen LogP contribution >= 0.6 is 11.6 Å². The number of piperazine rings is 1. The number of carbonyl (C=O) groups is 1. The summed E-state index contributed by atoms with van der Waals surface area (Å²) in [6.07, 6.45) is 0. The number of hydrogen-bond donors (Lipinski definition) is 2. The van der Waals surface area contributed by atoms with E-state index in [1.54, 1.807) is 7.11 Å². The van der Waals surface area contributed by atoms with Crippen molar-refractivity contribution in [2.24, 2.45) is 0 Å². The highest BCUT2D eigenvalue weighted by molar-refractivity contribution is 6.30. The summed E-state index contributed by atoms with van der Waals surface area (Å²) in [5.74, 6) is 0.951. The second-order valence-electron chi connectivity index (χ2n) is 6.52. The van der Waals surface area contributed by atoms with Gasteiger partial charge < -0.3 is 19.9 Å². The Bertz CT molecular complexity index is 728. The molecule has 2 aromatic rings. The van der Waals surface area contributed by atoms with Crippen molar-refractivity contribution in [3.05, 3.63) is 59.1 Å². The molecule has 1 saturated heterocycles. The maximum atomic E-state index is 12.2. The van der Waals surface area contributed by atoms with E-state index >= 15 is 0 Å². The van der Waals surface area contributed by atoms with Crippen LogP contribution in [0.2, 0.25) is 5.02 Å². The van der Waals surface area contributed by atoms with E-state index in [0.717, 1.165) is 37.5 Å². The molecule has 6 heteroatoms. The second kappa shape index (κ2) is 8.92. The van der Waals surface area contributed by atoms with Crippen LogP contribution in [0.5, 0.6) is 5.75 Å². The third-order valence-corrected chi connectivity index (χ3v) is 4.93. The van der Waals surface area contributed by atoms with Gasteiger partial charge in [-0.15, -0.1) is 0 Å². The molecule has 138 valence electrons. The predicted octanol–water partition coefficient (Wildman–Crippen LogP) is 1.37. The van der Waals surface area contributed by atoms with E-state index in [2.05, 4.69) is 22.3 Å². The highest BCUT2D eigenvalue weighted by Gasteiger charge is 2.22. The number of nitrogens with one attached hydrogen (secondary N) is 2. The Labute approximate surface area is 159 Å².